The molecule has 1 aromatic rings. The summed E-state index contributed by atoms with van der Waals surface area (Å²) >= 11 is 0. The number of carbonyl (C=O) groups is 1. The van der Waals surface area contributed by atoms with Crippen molar-refractivity contribution in [2.45, 2.75) is 11.8 Å². The van der Waals surface area contributed by atoms with Crippen LogP contribution in [0, 0.1) is 11.7 Å². The van der Waals surface area contributed by atoms with Crippen molar-refractivity contribution in [2.75, 3.05) is 20.7 Å². The molecular formula is C12H16FNO4S. The van der Waals surface area contributed by atoms with Gasteiger partial charge in [-0.25, -0.2) is 17.1 Å². The van der Waals surface area contributed by atoms with E-state index in [1.165, 1.54) is 26.3 Å². The lowest BCUT2D eigenvalue weighted by atomic mass is 10.2. The molecule has 0 amide bonds. The van der Waals surface area contributed by atoms with E-state index in [1.807, 2.05) is 0 Å². The van der Waals surface area contributed by atoms with Crippen LogP contribution < -0.4 is 0 Å². The molecule has 1 unspecified atom stereocenters. The standard InChI is InChI=1S/C12H16FNO4S/c1-9(12(15)18-3)8-14(2)19(16,17)11-6-4-5-10(13)7-11/h4-7,9H,8H2,1-3H3. The SMILES string of the molecule is COC(=O)C(C)CN(C)S(=O)(=O)c1cccc(F)c1. The van der Waals surface area contributed by atoms with Crippen molar-refractivity contribution < 1.29 is 22.3 Å². The summed E-state index contributed by atoms with van der Waals surface area (Å²) < 4.78 is 42.9. The van der Waals surface area contributed by atoms with E-state index in [1.54, 1.807) is 6.92 Å². The van der Waals surface area contributed by atoms with Gasteiger partial charge >= 0.3 is 5.97 Å². The van der Waals surface area contributed by atoms with Crippen molar-refractivity contribution in [1.82, 2.24) is 4.31 Å². The van der Waals surface area contributed by atoms with Crippen molar-refractivity contribution >= 4 is 16.0 Å². The number of nitrogens with zero attached hydrogens (tertiary/aromatic N) is 1. The zero-order chi connectivity index (χ0) is 14.6. The van der Waals surface area contributed by atoms with Gasteiger partial charge in [-0.1, -0.05) is 13.0 Å². The molecule has 1 rings (SSSR count). The number of ether oxygens (including phenoxy) is 1. The van der Waals surface area contributed by atoms with Crippen LogP contribution in [0.5, 0.6) is 0 Å². The highest BCUT2D eigenvalue weighted by atomic mass is 32.2. The van der Waals surface area contributed by atoms with Crippen LogP contribution in [0.4, 0.5) is 4.39 Å². The van der Waals surface area contributed by atoms with Gasteiger partial charge in [0, 0.05) is 13.6 Å². The van der Waals surface area contributed by atoms with Gasteiger partial charge in [-0.15, -0.1) is 0 Å². The number of hydrogen-bond donors (Lipinski definition) is 0. The van der Waals surface area contributed by atoms with E-state index in [0.717, 1.165) is 16.4 Å². The number of methoxy groups -OCH3 is 1. The predicted octanol–water partition coefficient (Wildman–Crippen LogP) is 1.26. The van der Waals surface area contributed by atoms with Gasteiger partial charge in [-0.3, -0.25) is 4.79 Å². The van der Waals surface area contributed by atoms with Crippen molar-refractivity contribution in [3.63, 3.8) is 0 Å². The molecule has 0 aliphatic carbocycles. The first-order valence-corrected chi connectivity index (χ1v) is 7.02. The Morgan fingerprint density at radius 1 is 1.47 bits per heavy atom. The first kappa shape index (κ1) is 15.6. The lowest BCUT2D eigenvalue weighted by Gasteiger charge is -2.20. The van der Waals surface area contributed by atoms with Crippen LogP contribution in [0.25, 0.3) is 0 Å². The van der Waals surface area contributed by atoms with Crippen molar-refractivity contribution in [2.24, 2.45) is 5.92 Å². The van der Waals surface area contributed by atoms with E-state index in [4.69, 9.17) is 0 Å². The summed E-state index contributed by atoms with van der Waals surface area (Å²) in [6.07, 6.45) is 0. The van der Waals surface area contributed by atoms with E-state index < -0.39 is 27.7 Å². The lowest BCUT2D eigenvalue weighted by molar-refractivity contribution is -0.144. The Hall–Kier alpha value is -1.47. The molecule has 0 spiro atoms. The number of halogens is 1. The summed E-state index contributed by atoms with van der Waals surface area (Å²) in [4.78, 5) is 11.1. The molecule has 19 heavy (non-hydrogen) atoms. The maximum Gasteiger partial charge on any atom is 0.309 e. The van der Waals surface area contributed by atoms with Gasteiger partial charge in [-0.05, 0) is 18.2 Å². The normalized spacial score (nSPS) is 13.3. The molecule has 0 saturated carbocycles. The smallest absolute Gasteiger partial charge is 0.309 e. The Morgan fingerprint density at radius 3 is 2.63 bits per heavy atom. The fraction of sp³-hybridized carbons (Fsp3) is 0.417. The third-order valence-corrected chi connectivity index (χ3v) is 4.46. The minimum Gasteiger partial charge on any atom is -0.469 e. The maximum atomic E-state index is 13.0. The predicted molar refractivity (Wildman–Crippen MR) is 67.4 cm³/mol. The Balaban J connectivity index is 2.92. The molecule has 0 fully saturated rings. The Labute approximate surface area is 112 Å². The maximum absolute atomic E-state index is 13.0. The number of carbonyl (C=O) groups excluding carboxylic acids is 1. The number of esters is 1. The van der Waals surface area contributed by atoms with Crippen molar-refractivity contribution in [3.05, 3.63) is 30.1 Å². The van der Waals surface area contributed by atoms with E-state index in [2.05, 4.69) is 4.74 Å². The van der Waals surface area contributed by atoms with E-state index in [0.29, 0.717) is 0 Å². The van der Waals surface area contributed by atoms with Crippen LogP contribution in [0.3, 0.4) is 0 Å². The molecule has 1 atom stereocenters. The average Bonchev–Trinajstić information content (AvgIpc) is 2.37. The second-order valence-corrected chi connectivity index (χ2v) is 6.21. The number of sulfonamides is 1. The zero-order valence-corrected chi connectivity index (χ0v) is 11.8. The van der Waals surface area contributed by atoms with E-state index in [-0.39, 0.29) is 11.4 Å². The fourth-order valence-corrected chi connectivity index (χ4v) is 2.86. The van der Waals surface area contributed by atoms with E-state index in [9.17, 15) is 17.6 Å². The summed E-state index contributed by atoms with van der Waals surface area (Å²) in [7, 11) is -1.24. The second kappa shape index (κ2) is 6.12. The molecule has 0 bridgehead atoms. The van der Waals surface area contributed by atoms with Gasteiger partial charge in [0.1, 0.15) is 5.82 Å². The fourth-order valence-electron chi connectivity index (χ4n) is 1.57. The first-order valence-electron chi connectivity index (χ1n) is 5.58. The molecule has 0 saturated heterocycles. The van der Waals surface area contributed by atoms with Gasteiger partial charge in [0.15, 0.2) is 0 Å². The molecule has 5 nitrogen and oxygen atoms in total. The molecule has 0 radical (unpaired) electrons. The van der Waals surface area contributed by atoms with Crippen LogP contribution in [-0.4, -0.2) is 39.4 Å². The van der Waals surface area contributed by atoms with Gasteiger partial charge in [0.05, 0.1) is 17.9 Å². The summed E-state index contributed by atoms with van der Waals surface area (Å²) in [6.45, 7) is 1.52. The van der Waals surface area contributed by atoms with E-state index >= 15 is 0 Å². The minimum absolute atomic E-state index is 0.0362. The molecular weight excluding hydrogens is 273 g/mol. The number of rotatable bonds is 5. The van der Waals surface area contributed by atoms with Crippen LogP contribution in [-0.2, 0) is 19.6 Å². The third-order valence-electron chi connectivity index (χ3n) is 2.64. The highest BCUT2D eigenvalue weighted by Crippen LogP contribution is 2.16. The van der Waals surface area contributed by atoms with Crippen LogP contribution >= 0.6 is 0 Å². The molecule has 0 aromatic heterocycles. The van der Waals surface area contributed by atoms with Gasteiger partial charge in [0.25, 0.3) is 0 Å². The highest BCUT2D eigenvalue weighted by Gasteiger charge is 2.25. The Kier molecular flexibility index (Phi) is 5.02. The monoisotopic (exact) mass is 289 g/mol. The summed E-state index contributed by atoms with van der Waals surface area (Å²) in [5.74, 6) is -1.73. The minimum atomic E-state index is -3.81. The topological polar surface area (TPSA) is 63.7 Å². The highest BCUT2D eigenvalue weighted by molar-refractivity contribution is 7.89. The molecule has 0 aliphatic rings. The van der Waals surface area contributed by atoms with Gasteiger partial charge < -0.3 is 4.74 Å². The Morgan fingerprint density at radius 2 is 2.11 bits per heavy atom. The molecule has 0 heterocycles. The first-order chi connectivity index (χ1) is 8.78. The second-order valence-electron chi connectivity index (χ2n) is 4.17. The van der Waals surface area contributed by atoms with Crippen LogP contribution in [0.15, 0.2) is 29.2 Å². The zero-order valence-electron chi connectivity index (χ0n) is 11.0. The van der Waals surface area contributed by atoms with Crippen LogP contribution in [0.2, 0.25) is 0 Å². The van der Waals surface area contributed by atoms with Gasteiger partial charge in [0.2, 0.25) is 10.0 Å². The summed E-state index contributed by atoms with van der Waals surface area (Å²) in [6, 6.07) is 4.72. The Bertz CT molecular complexity index is 559. The quantitative estimate of drug-likeness (QED) is 0.765. The van der Waals surface area contributed by atoms with Crippen LogP contribution in [0.1, 0.15) is 6.92 Å². The van der Waals surface area contributed by atoms with Crippen molar-refractivity contribution in [1.29, 1.82) is 0 Å². The number of benzene rings is 1. The van der Waals surface area contributed by atoms with Gasteiger partial charge in [-0.2, -0.15) is 0 Å². The third kappa shape index (κ3) is 3.74. The molecule has 0 aliphatic heterocycles. The molecule has 106 valence electrons. The lowest BCUT2D eigenvalue weighted by Crippen LogP contribution is -2.34. The summed E-state index contributed by atoms with van der Waals surface area (Å²) in [5.41, 5.74) is 0. The molecule has 0 N–H and O–H groups in total. The largest absolute Gasteiger partial charge is 0.469 e. The molecule has 7 heteroatoms. The molecule has 1 aromatic carbocycles. The van der Waals surface area contributed by atoms with Crippen molar-refractivity contribution in [3.8, 4) is 0 Å². The average molecular weight is 289 g/mol. The summed E-state index contributed by atoms with van der Waals surface area (Å²) in [5, 5.41) is 0. The number of hydrogen-bond acceptors (Lipinski definition) is 4.